The van der Waals surface area contributed by atoms with Crippen molar-refractivity contribution in [1.29, 1.82) is 0 Å². The van der Waals surface area contributed by atoms with E-state index in [9.17, 15) is 4.79 Å². The number of imidazole rings is 1. The Morgan fingerprint density at radius 3 is 2.58 bits per heavy atom. The van der Waals surface area contributed by atoms with E-state index in [1.165, 1.54) is 0 Å². The molecule has 2 amide bonds. The molecule has 2 heterocycles. The molecule has 124 valence electrons. The summed E-state index contributed by atoms with van der Waals surface area (Å²) >= 11 is 0. The molecule has 0 unspecified atom stereocenters. The molecule has 0 radical (unpaired) electrons. The van der Waals surface area contributed by atoms with E-state index >= 15 is 0 Å². The number of nitrogens with one attached hydrogen (secondary N) is 2. The molecule has 0 fully saturated rings. The van der Waals surface area contributed by atoms with Crippen LogP contribution >= 0.6 is 0 Å². The fourth-order valence-electron chi connectivity index (χ4n) is 2.58. The molecule has 0 bridgehead atoms. The predicted molar refractivity (Wildman–Crippen MR) is 90.3 cm³/mol. The van der Waals surface area contributed by atoms with E-state index < -0.39 is 0 Å². The first-order chi connectivity index (χ1) is 11.6. The Morgan fingerprint density at radius 2 is 1.96 bits per heavy atom. The summed E-state index contributed by atoms with van der Waals surface area (Å²) in [7, 11) is 1.91. The monoisotopic (exact) mass is 324 g/mol. The van der Waals surface area contributed by atoms with Gasteiger partial charge < -0.3 is 19.6 Å². The highest BCUT2D eigenvalue weighted by Gasteiger charge is 2.21. The molecule has 0 aliphatic carbocycles. The van der Waals surface area contributed by atoms with Gasteiger partial charge in [0.05, 0.1) is 12.3 Å². The SMILES string of the molecule is C[C@H](NC(=O)N[C@@H](c1ccccc1)c1nccn1C)c1ccco1. The molecule has 0 spiro atoms. The van der Waals surface area contributed by atoms with Gasteiger partial charge in [-0.3, -0.25) is 0 Å². The minimum absolute atomic E-state index is 0.224. The zero-order valence-corrected chi connectivity index (χ0v) is 13.6. The lowest BCUT2D eigenvalue weighted by Crippen LogP contribution is -2.40. The molecule has 6 heteroatoms. The number of carbonyl (C=O) groups excluding carboxylic acids is 1. The first-order valence-electron chi connectivity index (χ1n) is 7.77. The van der Waals surface area contributed by atoms with Crippen molar-refractivity contribution >= 4 is 6.03 Å². The van der Waals surface area contributed by atoms with Gasteiger partial charge in [0.1, 0.15) is 17.6 Å². The largest absolute Gasteiger partial charge is 0.467 e. The summed E-state index contributed by atoms with van der Waals surface area (Å²) in [5.74, 6) is 1.47. The smallest absolute Gasteiger partial charge is 0.316 e. The number of furan rings is 1. The van der Waals surface area contributed by atoms with Crippen molar-refractivity contribution in [1.82, 2.24) is 20.2 Å². The van der Waals surface area contributed by atoms with Crippen LogP contribution in [0.5, 0.6) is 0 Å². The van der Waals surface area contributed by atoms with Gasteiger partial charge in [-0.1, -0.05) is 30.3 Å². The summed E-state index contributed by atoms with van der Waals surface area (Å²) in [4.78, 5) is 16.8. The van der Waals surface area contributed by atoms with Gasteiger partial charge in [-0.2, -0.15) is 0 Å². The van der Waals surface area contributed by atoms with E-state index in [1.54, 1.807) is 18.5 Å². The fraction of sp³-hybridized carbons (Fsp3) is 0.222. The number of rotatable bonds is 5. The average molecular weight is 324 g/mol. The molecule has 0 saturated carbocycles. The molecule has 3 aromatic rings. The van der Waals surface area contributed by atoms with Crippen LogP contribution in [0.25, 0.3) is 0 Å². The minimum Gasteiger partial charge on any atom is -0.467 e. The molecule has 2 aromatic heterocycles. The van der Waals surface area contributed by atoms with E-state index in [4.69, 9.17) is 4.42 Å². The van der Waals surface area contributed by atoms with Gasteiger partial charge >= 0.3 is 6.03 Å². The van der Waals surface area contributed by atoms with Gasteiger partial charge in [-0.05, 0) is 24.6 Å². The summed E-state index contributed by atoms with van der Waals surface area (Å²) in [6.07, 6.45) is 5.17. The molecule has 2 atom stereocenters. The van der Waals surface area contributed by atoms with Gasteiger partial charge in [-0.15, -0.1) is 0 Å². The highest BCUT2D eigenvalue weighted by atomic mass is 16.3. The van der Waals surface area contributed by atoms with Crippen LogP contribution in [0.3, 0.4) is 0 Å². The summed E-state index contributed by atoms with van der Waals surface area (Å²) in [6.45, 7) is 1.87. The van der Waals surface area contributed by atoms with Crippen LogP contribution in [-0.2, 0) is 7.05 Å². The topological polar surface area (TPSA) is 72.1 Å². The molecule has 6 nitrogen and oxygen atoms in total. The molecule has 0 aliphatic rings. The van der Waals surface area contributed by atoms with Gasteiger partial charge in [0.15, 0.2) is 0 Å². The first-order valence-corrected chi connectivity index (χ1v) is 7.77. The second-order valence-corrected chi connectivity index (χ2v) is 5.59. The second-order valence-electron chi connectivity index (χ2n) is 5.59. The van der Waals surface area contributed by atoms with E-state index in [-0.39, 0.29) is 18.1 Å². The quantitative estimate of drug-likeness (QED) is 0.757. The van der Waals surface area contributed by atoms with Crippen LogP contribution in [0.2, 0.25) is 0 Å². The highest BCUT2D eigenvalue weighted by Crippen LogP contribution is 2.20. The average Bonchev–Trinajstić information content (AvgIpc) is 3.25. The number of hydrogen-bond acceptors (Lipinski definition) is 3. The molecule has 1 aromatic carbocycles. The molecular weight excluding hydrogens is 304 g/mol. The number of carbonyl (C=O) groups is 1. The van der Waals surface area contributed by atoms with Crippen LogP contribution < -0.4 is 10.6 Å². The summed E-state index contributed by atoms with van der Waals surface area (Å²) in [5, 5.41) is 5.88. The Morgan fingerprint density at radius 1 is 1.17 bits per heavy atom. The maximum absolute atomic E-state index is 12.4. The van der Waals surface area contributed by atoms with Crippen molar-refractivity contribution in [3.63, 3.8) is 0 Å². The predicted octanol–water partition coefficient (Wildman–Crippen LogP) is 3.16. The zero-order chi connectivity index (χ0) is 16.9. The first kappa shape index (κ1) is 15.9. The molecule has 2 N–H and O–H groups in total. The highest BCUT2D eigenvalue weighted by molar-refractivity contribution is 5.75. The number of aromatic nitrogens is 2. The number of urea groups is 1. The third-order valence-electron chi connectivity index (χ3n) is 3.84. The van der Waals surface area contributed by atoms with Crippen LogP contribution in [-0.4, -0.2) is 15.6 Å². The molecular formula is C18H20N4O2. The van der Waals surface area contributed by atoms with Crippen LogP contribution in [0, 0.1) is 0 Å². The van der Waals surface area contributed by atoms with Crippen molar-refractivity contribution in [2.75, 3.05) is 0 Å². The fourth-order valence-corrected chi connectivity index (χ4v) is 2.58. The maximum atomic E-state index is 12.4. The van der Waals surface area contributed by atoms with Crippen molar-refractivity contribution in [3.05, 3.63) is 78.3 Å². The van der Waals surface area contributed by atoms with Crippen LogP contribution in [0.4, 0.5) is 4.79 Å². The normalized spacial score (nSPS) is 13.2. The van der Waals surface area contributed by atoms with Gasteiger partial charge in [0, 0.05) is 19.4 Å². The molecule has 3 rings (SSSR count). The second kappa shape index (κ2) is 7.04. The molecule has 0 aliphatic heterocycles. The zero-order valence-electron chi connectivity index (χ0n) is 13.6. The van der Waals surface area contributed by atoms with Gasteiger partial charge in [-0.25, -0.2) is 9.78 Å². The van der Waals surface area contributed by atoms with E-state index in [2.05, 4.69) is 15.6 Å². The lowest BCUT2D eigenvalue weighted by Gasteiger charge is -2.21. The third kappa shape index (κ3) is 3.48. The third-order valence-corrected chi connectivity index (χ3v) is 3.84. The number of hydrogen-bond donors (Lipinski definition) is 2. The Kier molecular flexibility index (Phi) is 4.65. The maximum Gasteiger partial charge on any atom is 0.316 e. The Bertz CT molecular complexity index is 780. The van der Waals surface area contributed by atoms with Crippen molar-refractivity contribution in [3.8, 4) is 0 Å². The van der Waals surface area contributed by atoms with Gasteiger partial charge in [0.2, 0.25) is 0 Å². The number of aryl methyl sites for hydroxylation is 1. The minimum atomic E-state index is -0.338. The number of benzene rings is 1. The van der Waals surface area contributed by atoms with E-state index in [0.29, 0.717) is 5.76 Å². The Labute approximate surface area is 140 Å². The molecule has 24 heavy (non-hydrogen) atoms. The summed E-state index contributed by atoms with van der Waals surface area (Å²) < 4.78 is 7.21. The van der Waals surface area contributed by atoms with Crippen molar-refractivity contribution in [2.45, 2.75) is 19.0 Å². The lowest BCUT2D eigenvalue weighted by molar-refractivity contribution is 0.233. The van der Waals surface area contributed by atoms with Crippen molar-refractivity contribution < 1.29 is 9.21 Å². The van der Waals surface area contributed by atoms with Crippen LogP contribution in [0.1, 0.15) is 36.2 Å². The van der Waals surface area contributed by atoms with E-state index in [1.807, 2.05) is 61.1 Å². The van der Waals surface area contributed by atoms with Gasteiger partial charge in [0.25, 0.3) is 0 Å². The number of nitrogens with zero attached hydrogens (tertiary/aromatic N) is 2. The Hall–Kier alpha value is -3.02. The summed E-state index contributed by atoms with van der Waals surface area (Å²) in [6, 6.07) is 12.5. The molecule has 0 saturated heterocycles. The Balaban J connectivity index is 1.77. The standard InChI is InChI=1S/C18H20N4O2/c1-13(15-9-6-12-24-15)20-18(23)21-16(14-7-4-3-5-8-14)17-19-10-11-22(17)2/h3-13,16H,1-2H3,(H2,20,21,23)/t13-,16-/m0/s1. The lowest BCUT2D eigenvalue weighted by atomic mass is 10.1. The summed E-state index contributed by atoms with van der Waals surface area (Å²) in [5.41, 5.74) is 0.965. The van der Waals surface area contributed by atoms with Crippen molar-refractivity contribution in [2.24, 2.45) is 7.05 Å². The van der Waals surface area contributed by atoms with Crippen LogP contribution in [0.15, 0.2) is 65.5 Å². The number of amides is 2. The van der Waals surface area contributed by atoms with E-state index in [0.717, 1.165) is 11.4 Å².